The minimum atomic E-state index is -1.12. The summed E-state index contributed by atoms with van der Waals surface area (Å²) in [4.78, 5) is 7.98. The van der Waals surface area contributed by atoms with Crippen LogP contribution in [0.4, 0.5) is 5.82 Å². The molecule has 0 bridgehead atoms. The molecule has 13 heavy (non-hydrogen) atoms. The molecule has 1 N–H and O–H groups in total. The van der Waals surface area contributed by atoms with Crippen LogP contribution in [-0.2, 0) is 10.8 Å². The molecule has 1 heterocycles. The van der Waals surface area contributed by atoms with Gasteiger partial charge in [0.2, 0.25) is 5.16 Å². The maximum Gasteiger partial charge on any atom is 0.220 e. The zero-order valence-corrected chi connectivity index (χ0v) is 8.76. The summed E-state index contributed by atoms with van der Waals surface area (Å²) in [5.74, 6) is 0.718. The van der Waals surface area contributed by atoms with E-state index in [1.54, 1.807) is 18.5 Å². The Labute approximate surface area is 80.3 Å². The van der Waals surface area contributed by atoms with E-state index in [0.29, 0.717) is 11.2 Å². The molecule has 0 aliphatic rings. The lowest BCUT2D eigenvalue weighted by molar-refractivity contribution is 0.679. The van der Waals surface area contributed by atoms with E-state index in [-0.39, 0.29) is 0 Å². The van der Waals surface area contributed by atoms with Crippen molar-refractivity contribution in [1.82, 2.24) is 9.97 Å². The predicted octanol–water partition coefficient (Wildman–Crippen LogP) is 1.03. The lowest BCUT2D eigenvalue weighted by Gasteiger charge is -2.08. The van der Waals surface area contributed by atoms with E-state index in [0.717, 1.165) is 5.82 Å². The topological polar surface area (TPSA) is 54.9 Å². The van der Waals surface area contributed by atoms with Crippen molar-refractivity contribution in [1.29, 1.82) is 0 Å². The molecular formula is C8H13N3OS. The molecule has 72 valence electrons. The molecule has 0 saturated heterocycles. The molecule has 0 saturated carbocycles. The van der Waals surface area contributed by atoms with E-state index in [9.17, 15) is 4.21 Å². The van der Waals surface area contributed by atoms with Crippen LogP contribution in [0.1, 0.15) is 13.8 Å². The highest BCUT2D eigenvalue weighted by molar-refractivity contribution is 7.84. The minimum Gasteiger partial charge on any atom is -0.368 e. The SMILES string of the molecule is CC(C)Nc1ccnc(S(C)=O)n1. The lowest BCUT2D eigenvalue weighted by Crippen LogP contribution is -2.12. The highest BCUT2D eigenvalue weighted by Gasteiger charge is 2.02. The van der Waals surface area contributed by atoms with Gasteiger partial charge in [-0.25, -0.2) is 9.97 Å². The standard InChI is InChI=1S/C8H13N3OS/c1-6(2)10-7-4-5-9-8(11-7)13(3)12/h4-6H,1-3H3,(H,9,10,11). The minimum absolute atomic E-state index is 0.313. The van der Waals surface area contributed by atoms with Gasteiger partial charge in [0.25, 0.3) is 0 Å². The predicted molar refractivity (Wildman–Crippen MR) is 53.1 cm³/mol. The van der Waals surface area contributed by atoms with Crippen molar-refractivity contribution in [3.63, 3.8) is 0 Å². The Morgan fingerprint density at radius 2 is 2.23 bits per heavy atom. The molecule has 1 aromatic rings. The van der Waals surface area contributed by atoms with Gasteiger partial charge in [-0.15, -0.1) is 0 Å². The fraction of sp³-hybridized carbons (Fsp3) is 0.500. The fourth-order valence-corrected chi connectivity index (χ4v) is 1.29. The van der Waals surface area contributed by atoms with Gasteiger partial charge in [-0.2, -0.15) is 0 Å². The highest BCUT2D eigenvalue weighted by atomic mass is 32.2. The summed E-state index contributed by atoms with van der Waals surface area (Å²) in [6, 6.07) is 2.07. The molecule has 0 spiro atoms. The van der Waals surface area contributed by atoms with Crippen LogP contribution < -0.4 is 5.32 Å². The van der Waals surface area contributed by atoms with Crippen molar-refractivity contribution in [2.45, 2.75) is 25.0 Å². The van der Waals surface area contributed by atoms with Crippen LogP contribution >= 0.6 is 0 Å². The number of anilines is 1. The largest absolute Gasteiger partial charge is 0.368 e. The van der Waals surface area contributed by atoms with Gasteiger partial charge in [-0.3, -0.25) is 4.21 Å². The molecule has 1 unspecified atom stereocenters. The number of nitrogens with zero attached hydrogens (tertiary/aromatic N) is 2. The quantitative estimate of drug-likeness (QED) is 0.739. The molecule has 0 aromatic carbocycles. The Kier molecular flexibility index (Phi) is 3.36. The number of rotatable bonds is 3. The first-order valence-electron chi connectivity index (χ1n) is 4.02. The maximum atomic E-state index is 11.0. The first kappa shape index (κ1) is 10.1. The monoisotopic (exact) mass is 199 g/mol. The smallest absolute Gasteiger partial charge is 0.220 e. The Hall–Kier alpha value is -0.970. The Morgan fingerprint density at radius 1 is 1.54 bits per heavy atom. The molecule has 1 atom stereocenters. The summed E-state index contributed by atoms with van der Waals surface area (Å²) in [5.41, 5.74) is 0. The van der Waals surface area contributed by atoms with Crippen LogP contribution in [0.3, 0.4) is 0 Å². The van der Waals surface area contributed by atoms with Crippen LogP contribution in [0.5, 0.6) is 0 Å². The Bertz CT molecular complexity index is 314. The molecule has 0 fully saturated rings. The third kappa shape index (κ3) is 3.10. The van der Waals surface area contributed by atoms with Crippen LogP contribution in [0.2, 0.25) is 0 Å². The highest BCUT2D eigenvalue weighted by Crippen LogP contribution is 2.05. The Morgan fingerprint density at radius 3 is 2.77 bits per heavy atom. The molecular weight excluding hydrogens is 186 g/mol. The van der Waals surface area contributed by atoms with Crippen LogP contribution in [0.25, 0.3) is 0 Å². The van der Waals surface area contributed by atoms with E-state index in [1.807, 2.05) is 13.8 Å². The lowest BCUT2D eigenvalue weighted by atomic mass is 10.4. The second kappa shape index (κ2) is 4.32. The van der Waals surface area contributed by atoms with Crippen molar-refractivity contribution in [3.05, 3.63) is 12.3 Å². The second-order valence-corrected chi connectivity index (χ2v) is 4.25. The maximum absolute atomic E-state index is 11.0. The van der Waals surface area contributed by atoms with Crippen LogP contribution in [-0.4, -0.2) is 26.5 Å². The summed E-state index contributed by atoms with van der Waals surface area (Å²) in [6.07, 6.45) is 3.17. The fourth-order valence-electron chi connectivity index (χ4n) is 0.855. The van der Waals surface area contributed by atoms with Crippen molar-refractivity contribution in [3.8, 4) is 0 Å². The van der Waals surface area contributed by atoms with Crippen molar-refractivity contribution >= 4 is 16.6 Å². The van der Waals surface area contributed by atoms with Gasteiger partial charge < -0.3 is 5.32 Å². The van der Waals surface area contributed by atoms with Gasteiger partial charge in [0.15, 0.2) is 0 Å². The summed E-state index contributed by atoms with van der Waals surface area (Å²) < 4.78 is 11.0. The third-order valence-corrected chi connectivity index (χ3v) is 2.04. The molecule has 1 aromatic heterocycles. The van der Waals surface area contributed by atoms with E-state index < -0.39 is 10.8 Å². The summed E-state index contributed by atoms with van der Waals surface area (Å²) in [5, 5.41) is 3.48. The average molecular weight is 199 g/mol. The summed E-state index contributed by atoms with van der Waals surface area (Å²) >= 11 is 0. The number of nitrogens with one attached hydrogen (secondary N) is 1. The van der Waals surface area contributed by atoms with E-state index in [4.69, 9.17) is 0 Å². The normalized spacial score (nSPS) is 12.9. The molecule has 0 amide bonds. The van der Waals surface area contributed by atoms with E-state index >= 15 is 0 Å². The molecule has 4 nitrogen and oxygen atoms in total. The molecule has 5 heteroatoms. The van der Waals surface area contributed by atoms with E-state index in [2.05, 4.69) is 15.3 Å². The first-order chi connectivity index (χ1) is 6.09. The van der Waals surface area contributed by atoms with E-state index in [1.165, 1.54) is 0 Å². The van der Waals surface area contributed by atoms with Gasteiger partial charge in [0, 0.05) is 18.5 Å². The van der Waals surface area contributed by atoms with Gasteiger partial charge in [0.05, 0.1) is 10.8 Å². The van der Waals surface area contributed by atoms with Crippen molar-refractivity contribution in [2.75, 3.05) is 11.6 Å². The zero-order valence-electron chi connectivity index (χ0n) is 7.94. The van der Waals surface area contributed by atoms with Crippen molar-refractivity contribution in [2.24, 2.45) is 0 Å². The molecule has 0 aliphatic heterocycles. The van der Waals surface area contributed by atoms with Crippen LogP contribution in [0, 0.1) is 0 Å². The van der Waals surface area contributed by atoms with Crippen LogP contribution in [0.15, 0.2) is 17.4 Å². The number of aromatic nitrogens is 2. The van der Waals surface area contributed by atoms with Gasteiger partial charge in [-0.1, -0.05) is 0 Å². The molecule has 0 aliphatic carbocycles. The third-order valence-electron chi connectivity index (χ3n) is 1.33. The number of hydrogen-bond donors (Lipinski definition) is 1. The zero-order chi connectivity index (χ0) is 9.84. The van der Waals surface area contributed by atoms with Gasteiger partial charge >= 0.3 is 0 Å². The average Bonchev–Trinajstić information content (AvgIpc) is 2.03. The van der Waals surface area contributed by atoms with Gasteiger partial charge in [-0.05, 0) is 19.9 Å². The molecule has 1 rings (SSSR count). The first-order valence-corrected chi connectivity index (χ1v) is 5.58. The summed E-state index contributed by atoms with van der Waals surface area (Å²) in [6.45, 7) is 4.04. The van der Waals surface area contributed by atoms with Crippen molar-refractivity contribution < 1.29 is 4.21 Å². The van der Waals surface area contributed by atoms with Gasteiger partial charge in [0.1, 0.15) is 5.82 Å². The Balaban J connectivity index is 2.85. The summed E-state index contributed by atoms with van der Waals surface area (Å²) in [7, 11) is -1.12. The second-order valence-electron chi connectivity index (χ2n) is 2.98. The number of hydrogen-bond acceptors (Lipinski definition) is 4. The molecule has 0 radical (unpaired) electrons.